The van der Waals surface area contributed by atoms with Gasteiger partial charge in [0.05, 0.1) is 20.3 Å². The molecule has 0 saturated carbocycles. The van der Waals surface area contributed by atoms with Gasteiger partial charge in [-0.2, -0.15) is 5.26 Å². The zero-order valence-electron chi connectivity index (χ0n) is 14.3. The number of hydrogen-bond acceptors (Lipinski definition) is 6. The summed E-state index contributed by atoms with van der Waals surface area (Å²) in [6, 6.07) is 7.06. The Morgan fingerprint density at radius 2 is 2.00 bits per heavy atom. The van der Waals surface area contributed by atoms with Gasteiger partial charge in [0.2, 0.25) is 0 Å². The third kappa shape index (κ3) is 6.31. The van der Waals surface area contributed by atoms with Crippen LogP contribution in [-0.2, 0) is 14.3 Å². The van der Waals surface area contributed by atoms with Crippen molar-refractivity contribution in [2.24, 2.45) is 0 Å². The molecule has 0 bridgehead atoms. The summed E-state index contributed by atoms with van der Waals surface area (Å²) in [7, 11) is 3.05. The Morgan fingerprint density at radius 3 is 2.62 bits per heavy atom. The van der Waals surface area contributed by atoms with E-state index in [9.17, 15) is 4.79 Å². The zero-order chi connectivity index (χ0) is 17.8. The summed E-state index contributed by atoms with van der Waals surface area (Å²) in [6.07, 6.45) is 3.45. The first-order chi connectivity index (χ1) is 11.7. The number of hydrogen-bond donors (Lipinski definition) is 0. The maximum atomic E-state index is 11.8. The third-order valence-corrected chi connectivity index (χ3v) is 3.12. The van der Waals surface area contributed by atoms with Gasteiger partial charge >= 0.3 is 5.97 Å². The number of nitrogens with zero attached hydrogens (tertiary/aromatic N) is 1. The van der Waals surface area contributed by atoms with E-state index in [2.05, 4.69) is 6.92 Å². The molecule has 0 aliphatic rings. The second-order valence-electron chi connectivity index (χ2n) is 4.91. The molecule has 0 aromatic heterocycles. The molecule has 0 amide bonds. The van der Waals surface area contributed by atoms with Crippen molar-refractivity contribution in [2.75, 3.05) is 34.0 Å². The number of benzene rings is 1. The first kappa shape index (κ1) is 19.5. The molecule has 1 aromatic rings. The normalized spacial score (nSPS) is 10.8. The lowest BCUT2D eigenvalue weighted by Gasteiger charge is -2.11. The van der Waals surface area contributed by atoms with E-state index in [1.807, 2.05) is 6.07 Å². The predicted octanol–water partition coefficient (Wildman–Crippen LogP) is 2.97. The lowest BCUT2D eigenvalue weighted by atomic mass is 10.1. The summed E-state index contributed by atoms with van der Waals surface area (Å²) >= 11 is 0. The second kappa shape index (κ2) is 11.1. The van der Waals surface area contributed by atoms with Crippen LogP contribution in [0.1, 0.15) is 25.3 Å². The molecule has 0 heterocycles. The maximum absolute atomic E-state index is 11.8. The monoisotopic (exact) mass is 333 g/mol. The fourth-order valence-corrected chi connectivity index (χ4v) is 1.82. The van der Waals surface area contributed by atoms with Crippen LogP contribution in [0.2, 0.25) is 0 Å². The van der Waals surface area contributed by atoms with Gasteiger partial charge in [0.1, 0.15) is 18.2 Å². The van der Waals surface area contributed by atoms with E-state index in [0.717, 1.165) is 12.8 Å². The molecule has 24 heavy (non-hydrogen) atoms. The van der Waals surface area contributed by atoms with Crippen molar-refractivity contribution >= 4 is 12.0 Å². The van der Waals surface area contributed by atoms with Crippen molar-refractivity contribution in [1.82, 2.24) is 0 Å². The number of unbranched alkanes of at least 4 members (excludes halogenated alkanes) is 1. The van der Waals surface area contributed by atoms with Gasteiger partial charge in [-0.15, -0.1) is 0 Å². The molecule has 0 aliphatic carbocycles. The molecule has 0 fully saturated rings. The van der Waals surface area contributed by atoms with Gasteiger partial charge in [-0.05, 0) is 30.2 Å². The SMILES string of the molecule is CCCCOc1ccc(/C=C(\C#N)C(=O)OCCOC)cc1OC. The van der Waals surface area contributed by atoms with Crippen LogP contribution >= 0.6 is 0 Å². The van der Waals surface area contributed by atoms with Crippen LogP contribution in [-0.4, -0.2) is 40.0 Å². The van der Waals surface area contributed by atoms with Gasteiger partial charge in [-0.3, -0.25) is 0 Å². The number of esters is 1. The van der Waals surface area contributed by atoms with E-state index < -0.39 is 5.97 Å². The van der Waals surface area contributed by atoms with Crippen LogP contribution in [0.5, 0.6) is 11.5 Å². The van der Waals surface area contributed by atoms with E-state index in [1.54, 1.807) is 25.3 Å². The molecule has 0 aliphatic heterocycles. The van der Waals surface area contributed by atoms with Crippen molar-refractivity contribution in [3.8, 4) is 17.6 Å². The molecule has 1 aromatic carbocycles. The Kier molecular flexibility index (Phi) is 9.02. The van der Waals surface area contributed by atoms with Crippen molar-refractivity contribution in [3.63, 3.8) is 0 Å². The van der Waals surface area contributed by atoms with Crippen LogP contribution in [0.3, 0.4) is 0 Å². The Bertz CT molecular complexity index is 604. The number of carbonyl (C=O) groups is 1. The van der Waals surface area contributed by atoms with Crippen LogP contribution in [0.4, 0.5) is 0 Å². The molecule has 6 heteroatoms. The van der Waals surface area contributed by atoms with E-state index in [0.29, 0.717) is 23.7 Å². The van der Waals surface area contributed by atoms with Crippen LogP contribution in [0.25, 0.3) is 6.08 Å². The van der Waals surface area contributed by atoms with E-state index >= 15 is 0 Å². The molecule has 0 radical (unpaired) electrons. The summed E-state index contributed by atoms with van der Waals surface area (Å²) < 4.78 is 20.7. The summed E-state index contributed by atoms with van der Waals surface area (Å²) in [5.74, 6) is 0.492. The molecular formula is C18H23NO5. The van der Waals surface area contributed by atoms with E-state index in [4.69, 9.17) is 24.2 Å². The Labute approximate surface area is 142 Å². The quantitative estimate of drug-likeness (QED) is 0.283. The highest BCUT2D eigenvalue weighted by molar-refractivity contribution is 5.97. The standard InChI is InChI=1S/C18H23NO5/c1-4-5-8-23-16-7-6-14(12-17(16)22-3)11-15(13-19)18(20)24-10-9-21-2/h6-7,11-12H,4-5,8-10H2,1-3H3/b15-11+. The molecule has 6 nitrogen and oxygen atoms in total. The van der Waals surface area contributed by atoms with Crippen molar-refractivity contribution < 1.29 is 23.7 Å². The molecule has 0 unspecified atom stereocenters. The highest BCUT2D eigenvalue weighted by Gasteiger charge is 2.12. The highest BCUT2D eigenvalue weighted by Crippen LogP contribution is 2.29. The molecule has 0 N–H and O–H groups in total. The summed E-state index contributed by atoms with van der Waals surface area (Å²) in [5, 5.41) is 9.13. The van der Waals surface area contributed by atoms with Gasteiger partial charge in [0, 0.05) is 7.11 Å². The van der Waals surface area contributed by atoms with Gasteiger partial charge in [0.25, 0.3) is 0 Å². The summed E-state index contributed by atoms with van der Waals surface area (Å²) in [5.41, 5.74) is 0.558. The predicted molar refractivity (Wildman–Crippen MR) is 89.8 cm³/mol. The minimum Gasteiger partial charge on any atom is -0.493 e. The largest absolute Gasteiger partial charge is 0.493 e. The van der Waals surface area contributed by atoms with Crippen molar-refractivity contribution in [3.05, 3.63) is 29.3 Å². The Hall–Kier alpha value is -2.52. The number of methoxy groups -OCH3 is 2. The minimum absolute atomic E-state index is 0.0900. The number of nitriles is 1. The average Bonchev–Trinajstić information content (AvgIpc) is 2.60. The van der Waals surface area contributed by atoms with Gasteiger partial charge in [0.15, 0.2) is 11.5 Å². The molecule has 0 spiro atoms. The Balaban J connectivity index is 2.87. The topological polar surface area (TPSA) is 77.8 Å². The smallest absolute Gasteiger partial charge is 0.348 e. The Morgan fingerprint density at radius 1 is 1.21 bits per heavy atom. The lowest BCUT2D eigenvalue weighted by molar-refractivity contribution is -0.139. The van der Waals surface area contributed by atoms with Gasteiger partial charge in [-0.1, -0.05) is 19.4 Å². The number of rotatable bonds is 10. The van der Waals surface area contributed by atoms with Crippen LogP contribution in [0.15, 0.2) is 23.8 Å². The summed E-state index contributed by atoms with van der Waals surface area (Å²) in [6.45, 7) is 3.07. The van der Waals surface area contributed by atoms with Crippen molar-refractivity contribution in [1.29, 1.82) is 5.26 Å². The van der Waals surface area contributed by atoms with Crippen molar-refractivity contribution in [2.45, 2.75) is 19.8 Å². The number of carbonyl (C=O) groups excluding carboxylic acids is 1. The lowest BCUT2D eigenvalue weighted by Crippen LogP contribution is -2.11. The maximum Gasteiger partial charge on any atom is 0.348 e. The molecule has 0 saturated heterocycles. The first-order valence-corrected chi connectivity index (χ1v) is 7.75. The molecule has 1 rings (SSSR count). The van der Waals surface area contributed by atoms with Crippen LogP contribution in [0, 0.1) is 11.3 Å². The fraction of sp³-hybridized carbons (Fsp3) is 0.444. The van der Waals surface area contributed by atoms with Crippen LogP contribution < -0.4 is 9.47 Å². The summed E-state index contributed by atoms with van der Waals surface area (Å²) in [4.78, 5) is 11.8. The van der Waals surface area contributed by atoms with E-state index in [1.165, 1.54) is 13.2 Å². The third-order valence-electron chi connectivity index (χ3n) is 3.12. The van der Waals surface area contributed by atoms with Gasteiger partial charge in [-0.25, -0.2) is 4.79 Å². The van der Waals surface area contributed by atoms with Gasteiger partial charge < -0.3 is 18.9 Å². The average molecular weight is 333 g/mol. The first-order valence-electron chi connectivity index (χ1n) is 7.75. The zero-order valence-corrected chi connectivity index (χ0v) is 14.3. The minimum atomic E-state index is -0.684. The molecule has 130 valence electrons. The second-order valence-corrected chi connectivity index (χ2v) is 4.91. The highest BCUT2D eigenvalue weighted by atomic mass is 16.6. The fourth-order valence-electron chi connectivity index (χ4n) is 1.82. The number of ether oxygens (including phenoxy) is 4. The molecule has 0 atom stereocenters. The molecular weight excluding hydrogens is 310 g/mol. The van der Waals surface area contributed by atoms with E-state index in [-0.39, 0.29) is 18.8 Å².